The first-order chi connectivity index (χ1) is 26.6. The highest BCUT2D eigenvalue weighted by molar-refractivity contribution is 9.10. The normalized spacial score (nSPS) is 13.7. The molecule has 1 aliphatic rings. The van der Waals surface area contributed by atoms with Gasteiger partial charge in [0.25, 0.3) is 12.0 Å². The minimum Gasteiger partial charge on any atom is -0.497 e. The molecule has 1 atom stereocenters. The Hall–Kier alpha value is -5.20. The van der Waals surface area contributed by atoms with E-state index in [1.165, 1.54) is 31.4 Å². The van der Waals surface area contributed by atoms with Crippen LogP contribution in [0.15, 0.2) is 82.1 Å². The average molecular weight is 878 g/mol. The molecule has 56 heavy (non-hydrogen) atoms. The Morgan fingerprint density at radius 1 is 1.04 bits per heavy atom. The van der Waals surface area contributed by atoms with Crippen LogP contribution in [0.3, 0.4) is 0 Å². The predicted molar refractivity (Wildman–Crippen MR) is 204 cm³/mol. The molecule has 0 bridgehead atoms. The summed E-state index contributed by atoms with van der Waals surface area (Å²) in [6.07, 6.45) is -5.66. The zero-order chi connectivity index (χ0) is 40.1. The van der Waals surface area contributed by atoms with Crippen molar-refractivity contribution in [2.24, 2.45) is 5.73 Å². The second-order valence-electron chi connectivity index (χ2n) is 13.0. The van der Waals surface area contributed by atoms with Gasteiger partial charge in [-0.2, -0.15) is 5.10 Å². The lowest BCUT2D eigenvalue weighted by molar-refractivity contribution is 0.0999. The van der Waals surface area contributed by atoms with Gasteiger partial charge in [-0.15, -0.1) is 0 Å². The number of ether oxygens (including phenoxy) is 2. The van der Waals surface area contributed by atoms with E-state index in [9.17, 15) is 35.6 Å². The average Bonchev–Trinajstić information content (AvgIpc) is 3.93. The van der Waals surface area contributed by atoms with E-state index < -0.39 is 64.1 Å². The Balaban J connectivity index is 1.53. The first kappa shape index (κ1) is 39.1. The molecular weight excluding hydrogens is 848 g/mol. The molecule has 1 saturated carbocycles. The molecule has 0 aliphatic heterocycles. The Bertz CT molecular complexity index is 2660. The summed E-state index contributed by atoms with van der Waals surface area (Å²) < 4.78 is 99.9. The van der Waals surface area contributed by atoms with Crippen LogP contribution >= 0.6 is 27.5 Å². The standard InChI is InChI=1S/C37H30BrClF4N6O6S/c1-54-24-5-2-19(3-6-24)17-48(56(52,53)25-7-8-25)35-32-27(39)10-11-29(33(32)47(46-35)18-31(42)43)49-34(45-28-15-21(38)4-9-26(28)36(49)50)30(55-37(44)51)14-20-12-22(40)16-23(41)13-20/h2-6,9-13,15-16,25,30-31H,7-8,14,17-18H2,1H3,(H2,44,51). The number of methoxy groups -OCH3 is 1. The number of benzene rings is 4. The zero-order valence-corrected chi connectivity index (χ0v) is 32.3. The van der Waals surface area contributed by atoms with Crippen LogP contribution in [0.25, 0.3) is 27.5 Å². The molecule has 2 heterocycles. The van der Waals surface area contributed by atoms with Crippen LogP contribution in [-0.2, 0) is 34.3 Å². The van der Waals surface area contributed by atoms with Crippen LogP contribution in [0.5, 0.6) is 5.75 Å². The lowest BCUT2D eigenvalue weighted by atomic mass is 10.1. The molecule has 12 nitrogen and oxygen atoms in total. The van der Waals surface area contributed by atoms with Gasteiger partial charge in [-0.05, 0) is 78.6 Å². The minimum atomic E-state index is -4.15. The van der Waals surface area contributed by atoms with Gasteiger partial charge in [-0.1, -0.05) is 39.7 Å². The summed E-state index contributed by atoms with van der Waals surface area (Å²) in [4.78, 5) is 31.7. The van der Waals surface area contributed by atoms with E-state index in [1.54, 1.807) is 30.3 Å². The first-order valence-corrected chi connectivity index (χ1v) is 19.6. The van der Waals surface area contributed by atoms with Crippen molar-refractivity contribution in [3.8, 4) is 11.4 Å². The fourth-order valence-corrected chi connectivity index (χ4v) is 8.86. The van der Waals surface area contributed by atoms with Crippen molar-refractivity contribution in [1.82, 2.24) is 19.3 Å². The van der Waals surface area contributed by atoms with Gasteiger partial charge in [0, 0.05) is 17.0 Å². The number of aromatic nitrogens is 4. The lowest BCUT2D eigenvalue weighted by Crippen LogP contribution is -2.34. The Labute approximate surface area is 329 Å². The number of nitrogens with two attached hydrogens (primary N) is 1. The molecule has 7 rings (SSSR count). The van der Waals surface area contributed by atoms with Gasteiger partial charge in [0.05, 0.1) is 51.4 Å². The van der Waals surface area contributed by atoms with Gasteiger partial charge in [0.1, 0.15) is 23.9 Å². The van der Waals surface area contributed by atoms with E-state index in [0.717, 1.165) is 25.7 Å². The largest absolute Gasteiger partial charge is 0.497 e. The molecule has 0 saturated heterocycles. The number of alkyl halides is 2. The van der Waals surface area contributed by atoms with Crippen LogP contribution in [0, 0.1) is 11.6 Å². The van der Waals surface area contributed by atoms with Gasteiger partial charge in [0.2, 0.25) is 10.0 Å². The highest BCUT2D eigenvalue weighted by Gasteiger charge is 2.42. The molecule has 1 unspecified atom stereocenters. The number of halogens is 6. The van der Waals surface area contributed by atoms with Gasteiger partial charge in [0.15, 0.2) is 17.7 Å². The van der Waals surface area contributed by atoms with E-state index in [4.69, 9.17) is 26.8 Å². The van der Waals surface area contributed by atoms with Crippen LogP contribution in [-0.4, -0.2) is 52.6 Å². The van der Waals surface area contributed by atoms with Crippen molar-refractivity contribution in [2.45, 2.75) is 50.1 Å². The molecule has 0 radical (unpaired) electrons. The molecule has 0 spiro atoms. The van der Waals surface area contributed by atoms with Gasteiger partial charge < -0.3 is 15.2 Å². The maximum absolute atomic E-state index is 14.7. The fraction of sp³-hybridized carbons (Fsp3) is 0.243. The Kier molecular flexibility index (Phi) is 10.7. The summed E-state index contributed by atoms with van der Waals surface area (Å²) in [6.45, 7) is -1.33. The quantitative estimate of drug-likeness (QED) is 0.117. The van der Waals surface area contributed by atoms with Crippen LogP contribution in [0.1, 0.15) is 35.9 Å². The SMILES string of the molecule is COc1ccc(CN(c2nn(CC(F)F)c3c(-n4c(C(Cc5cc(F)cc(F)c5)OC(N)=O)nc5cc(Br)ccc5c4=O)ccc(Cl)c23)S(=O)(=O)C2CC2)cc1. The van der Waals surface area contributed by atoms with Crippen LogP contribution in [0.4, 0.5) is 28.2 Å². The maximum atomic E-state index is 14.7. The zero-order valence-electron chi connectivity index (χ0n) is 29.1. The number of anilines is 1. The third-order valence-electron chi connectivity index (χ3n) is 9.08. The third kappa shape index (κ3) is 7.77. The van der Waals surface area contributed by atoms with Crippen molar-refractivity contribution in [3.63, 3.8) is 0 Å². The lowest BCUT2D eigenvalue weighted by Gasteiger charge is -2.23. The number of sulfonamides is 1. The minimum absolute atomic E-state index is 0.00498. The fourth-order valence-electron chi connectivity index (χ4n) is 6.48. The molecule has 4 aromatic carbocycles. The van der Waals surface area contributed by atoms with Crippen molar-refractivity contribution in [3.05, 3.63) is 121 Å². The highest BCUT2D eigenvalue weighted by atomic mass is 79.9. The Morgan fingerprint density at radius 3 is 2.36 bits per heavy atom. The number of rotatable bonds is 13. The number of carbonyl (C=O) groups is 1. The van der Waals surface area contributed by atoms with Crippen molar-refractivity contribution < 1.29 is 40.2 Å². The van der Waals surface area contributed by atoms with E-state index in [-0.39, 0.29) is 56.3 Å². The smallest absolute Gasteiger partial charge is 0.405 e. The number of fused-ring (bicyclic) bond motifs is 2. The highest BCUT2D eigenvalue weighted by Crippen LogP contribution is 2.42. The molecule has 6 aromatic rings. The molecule has 1 amide bonds. The number of carbonyl (C=O) groups excluding carboxylic acids is 1. The number of primary amides is 1. The van der Waals surface area contributed by atoms with E-state index in [2.05, 4.69) is 26.0 Å². The second-order valence-corrected chi connectivity index (χ2v) is 16.4. The number of hydrogen-bond acceptors (Lipinski definition) is 8. The van der Waals surface area contributed by atoms with Crippen molar-refractivity contribution in [1.29, 1.82) is 0 Å². The van der Waals surface area contributed by atoms with E-state index >= 15 is 0 Å². The molecule has 2 aromatic heterocycles. The first-order valence-electron chi connectivity index (χ1n) is 16.9. The number of hydrogen-bond donors (Lipinski definition) is 1. The number of amides is 1. The van der Waals surface area contributed by atoms with Gasteiger partial charge >= 0.3 is 6.09 Å². The van der Waals surface area contributed by atoms with E-state index in [0.29, 0.717) is 34.7 Å². The summed E-state index contributed by atoms with van der Waals surface area (Å²) in [5, 5.41) is 3.53. The summed E-state index contributed by atoms with van der Waals surface area (Å²) in [7, 11) is -2.67. The predicted octanol–water partition coefficient (Wildman–Crippen LogP) is 7.58. The molecule has 1 aliphatic carbocycles. The summed E-state index contributed by atoms with van der Waals surface area (Å²) in [5.41, 5.74) is 4.96. The van der Waals surface area contributed by atoms with Gasteiger partial charge in [-0.25, -0.2) is 40.1 Å². The van der Waals surface area contributed by atoms with Crippen LogP contribution < -0.4 is 20.3 Å². The third-order valence-corrected chi connectivity index (χ3v) is 12.1. The summed E-state index contributed by atoms with van der Waals surface area (Å²) in [6, 6.07) is 16.4. The number of nitrogens with zero attached hydrogens (tertiary/aromatic N) is 5. The molecule has 2 N–H and O–H groups in total. The molecule has 19 heteroatoms. The summed E-state index contributed by atoms with van der Waals surface area (Å²) in [5.74, 6) is -1.95. The van der Waals surface area contributed by atoms with E-state index in [1.807, 2.05) is 0 Å². The monoisotopic (exact) mass is 876 g/mol. The molecule has 1 fully saturated rings. The summed E-state index contributed by atoms with van der Waals surface area (Å²) >= 11 is 10.2. The van der Waals surface area contributed by atoms with Crippen LogP contribution in [0.2, 0.25) is 5.02 Å². The van der Waals surface area contributed by atoms with Gasteiger partial charge in [-0.3, -0.25) is 14.0 Å². The maximum Gasteiger partial charge on any atom is 0.405 e. The molecule has 292 valence electrons. The van der Waals surface area contributed by atoms with Crippen molar-refractivity contribution >= 4 is 71.3 Å². The topological polar surface area (TPSA) is 152 Å². The molecular formula is C37H30BrClF4N6O6S. The second kappa shape index (κ2) is 15.4. The Morgan fingerprint density at radius 2 is 1.73 bits per heavy atom. The van der Waals surface area contributed by atoms with Crippen molar-refractivity contribution in [2.75, 3.05) is 11.4 Å².